The van der Waals surface area contributed by atoms with Gasteiger partial charge in [0.1, 0.15) is 12.1 Å². The Labute approximate surface area is 149 Å². The van der Waals surface area contributed by atoms with E-state index in [0.29, 0.717) is 16.5 Å². The molecule has 0 unspecified atom stereocenters. The molecular formula is C18H18FN3O2S. The summed E-state index contributed by atoms with van der Waals surface area (Å²) in [5, 5.41) is 18.8. The molecule has 1 heterocycles. The summed E-state index contributed by atoms with van der Waals surface area (Å²) in [4.78, 5) is 0. The van der Waals surface area contributed by atoms with Gasteiger partial charge in [-0.25, -0.2) is 4.39 Å². The molecule has 130 valence electrons. The molecule has 0 radical (unpaired) electrons. The molecule has 0 amide bonds. The predicted molar refractivity (Wildman–Crippen MR) is 94.1 cm³/mol. The molecule has 0 saturated heterocycles. The van der Waals surface area contributed by atoms with E-state index in [-0.39, 0.29) is 19.0 Å². The second-order valence-corrected chi connectivity index (χ2v) is 6.38. The summed E-state index contributed by atoms with van der Waals surface area (Å²) in [6, 6.07) is 16.2. The third kappa shape index (κ3) is 4.88. The highest BCUT2D eigenvalue weighted by molar-refractivity contribution is 7.99. The maximum atomic E-state index is 13.5. The number of aliphatic hydroxyl groups excluding tert-OH is 1. The van der Waals surface area contributed by atoms with Gasteiger partial charge in [-0.15, -0.1) is 10.2 Å². The molecule has 0 aliphatic heterocycles. The van der Waals surface area contributed by atoms with Crippen LogP contribution in [-0.2, 0) is 11.3 Å². The van der Waals surface area contributed by atoms with Gasteiger partial charge < -0.3 is 9.84 Å². The average Bonchev–Trinajstić information content (AvgIpc) is 3.11. The normalized spacial score (nSPS) is 12.2. The number of rotatable bonds is 8. The first-order valence-electron chi connectivity index (χ1n) is 7.81. The van der Waals surface area contributed by atoms with Crippen LogP contribution >= 0.6 is 11.8 Å². The zero-order valence-corrected chi connectivity index (χ0v) is 14.3. The van der Waals surface area contributed by atoms with Gasteiger partial charge in [0.05, 0.1) is 19.3 Å². The Bertz CT molecular complexity index is 798. The third-order valence-corrected chi connectivity index (χ3v) is 4.57. The van der Waals surface area contributed by atoms with Crippen LogP contribution in [0.2, 0.25) is 0 Å². The number of aliphatic hydroxyl groups is 1. The highest BCUT2D eigenvalue weighted by Crippen LogP contribution is 2.20. The van der Waals surface area contributed by atoms with Gasteiger partial charge in [-0.2, -0.15) is 0 Å². The monoisotopic (exact) mass is 359 g/mol. The topological polar surface area (TPSA) is 60.2 Å². The van der Waals surface area contributed by atoms with E-state index in [9.17, 15) is 9.50 Å². The number of aromatic nitrogens is 3. The highest BCUT2D eigenvalue weighted by Gasteiger charge is 2.11. The molecule has 2 aromatic carbocycles. The Balaban J connectivity index is 1.48. The van der Waals surface area contributed by atoms with Gasteiger partial charge in [-0.05, 0) is 18.2 Å². The fourth-order valence-corrected chi connectivity index (χ4v) is 3.06. The van der Waals surface area contributed by atoms with E-state index in [4.69, 9.17) is 4.74 Å². The maximum absolute atomic E-state index is 13.5. The first kappa shape index (κ1) is 17.6. The summed E-state index contributed by atoms with van der Waals surface area (Å²) in [5.41, 5.74) is 1.44. The first-order valence-corrected chi connectivity index (χ1v) is 8.80. The molecule has 5 nitrogen and oxygen atoms in total. The van der Waals surface area contributed by atoms with Gasteiger partial charge >= 0.3 is 0 Å². The van der Waals surface area contributed by atoms with Crippen molar-refractivity contribution in [3.63, 3.8) is 0 Å². The molecule has 3 rings (SSSR count). The Hall–Kier alpha value is -2.22. The van der Waals surface area contributed by atoms with Crippen molar-refractivity contribution in [2.24, 2.45) is 0 Å². The van der Waals surface area contributed by atoms with Crippen molar-refractivity contribution in [3.05, 3.63) is 72.3 Å². The second-order valence-electron chi connectivity index (χ2n) is 5.39. The van der Waals surface area contributed by atoms with Crippen LogP contribution in [0.5, 0.6) is 0 Å². The van der Waals surface area contributed by atoms with Crippen molar-refractivity contribution >= 4 is 11.8 Å². The van der Waals surface area contributed by atoms with Gasteiger partial charge in [0.25, 0.3) is 0 Å². The van der Waals surface area contributed by atoms with Crippen molar-refractivity contribution in [1.82, 2.24) is 14.8 Å². The molecule has 25 heavy (non-hydrogen) atoms. The van der Waals surface area contributed by atoms with Crippen LogP contribution in [0.4, 0.5) is 4.39 Å². The van der Waals surface area contributed by atoms with E-state index in [0.717, 1.165) is 5.69 Å². The molecule has 0 spiro atoms. The molecule has 7 heteroatoms. The molecule has 1 N–H and O–H groups in total. The number of hydrogen-bond donors (Lipinski definition) is 1. The fraction of sp³-hybridized carbons (Fsp3) is 0.222. The standard InChI is InChI=1S/C18H18FN3O2S/c19-17-9-5-4-6-14(17)10-24-11-16(23)12-25-18-21-20-13-22(18)15-7-2-1-3-8-15/h1-9,13,16,23H,10-12H2/t16-/m0/s1. The van der Waals surface area contributed by atoms with Gasteiger partial charge in [0.2, 0.25) is 0 Å². The van der Waals surface area contributed by atoms with Gasteiger partial charge in [0.15, 0.2) is 5.16 Å². The molecule has 3 aromatic rings. The lowest BCUT2D eigenvalue weighted by Gasteiger charge is -2.12. The zero-order valence-electron chi connectivity index (χ0n) is 13.5. The van der Waals surface area contributed by atoms with Crippen molar-refractivity contribution in [2.75, 3.05) is 12.4 Å². The lowest BCUT2D eigenvalue weighted by atomic mass is 10.2. The molecule has 0 bridgehead atoms. The van der Waals surface area contributed by atoms with Crippen molar-refractivity contribution < 1.29 is 14.2 Å². The Kier molecular flexibility index (Phi) is 6.16. The van der Waals surface area contributed by atoms with E-state index in [2.05, 4.69) is 10.2 Å². The number of benzene rings is 2. The van der Waals surface area contributed by atoms with Gasteiger partial charge in [-0.3, -0.25) is 4.57 Å². The summed E-state index contributed by atoms with van der Waals surface area (Å²) in [6.07, 6.45) is 0.955. The maximum Gasteiger partial charge on any atom is 0.195 e. The van der Waals surface area contributed by atoms with Crippen LogP contribution in [-0.4, -0.2) is 38.3 Å². The largest absolute Gasteiger partial charge is 0.390 e. The zero-order chi connectivity index (χ0) is 17.5. The summed E-state index contributed by atoms with van der Waals surface area (Å²) in [5.74, 6) is 0.102. The molecular weight excluding hydrogens is 341 g/mol. The average molecular weight is 359 g/mol. The number of para-hydroxylation sites is 1. The lowest BCUT2D eigenvalue weighted by Crippen LogP contribution is -2.18. The summed E-state index contributed by atoms with van der Waals surface area (Å²) in [6.45, 7) is 0.259. The van der Waals surface area contributed by atoms with Crippen LogP contribution in [0, 0.1) is 5.82 Å². The van der Waals surface area contributed by atoms with Crippen LogP contribution in [0.15, 0.2) is 66.1 Å². The summed E-state index contributed by atoms with van der Waals surface area (Å²) < 4.78 is 20.7. The first-order chi connectivity index (χ1) is 12.2. The van der Waals surface area contributed by atoms with E-state index >= 15 is 0 Å². The van der Waals surface area contributed by atoms with E-state index in [1.807, 2.05) is 34.9 Å². The highest BCUT2D eigenvalue weighted by atomic mass is 32.2. The lowest BCUT2D eigenvalue weighted by molar-refractivity contribution is 0.0386. The number of thioether (sulfide) groups is 1. The molecule has 1 aromatic heterocycles. The second kappa shape index (κ2) is 8.75. The van der Waals surface area contributed by atoms with Crippen LogP contribution < -0.4 is 0 Å². The number of hydrogen-bond acceptors (Lipinski definition) is 5. The number of nitrogens with zero attached hydrogens (tertiary/aromatic N) is 3. The molecule has 0 fully saturated rings. The van der Waals surface area contributed by atoms with Gasteiger partial charge in [-0.1, -0.05) is 48.2 Å². The smallest absolute Gasteiger partial charge is 0.195 e. The Morgan fingerprint density at radius 1 is 1.12 bits per heavy atom. The third-order valence-electron chi connectivity index (χ3n) is 3.48. The van der Waals surface area contributed by atoms with E-state index in [1.165, 1.54) is 17.8 Å². The molecule has 1 atom stereocenters. The van der Waals surface area contributed by atoms with Crippen LogP contribution in [0.25, 0.3) is 5.69 Å². The molecule has 0 aliphatic carbocycles. The van der Waals surface area contributed by atoms with Crippen molar-refractivity contribution in [2.45, 2.75) is 17.9 Å². The van der Waals surface area contributed by atoms with Crippen LogP contribution in [0.3, 0.4) is 0 Å². The van der Waals surface area contributed by atoms with Crippen molar-refractivity contribution in [1.29, 1.82) is 0 Å². The number of ether oxygens (including phenoxy) is 1. The SMILES string of the molecule is O[C@@H](COCc1ccccc1F)CSc1nncn1-c1ccccc1. The minimum Gasteiger partial charge on any atom is -0.390 e. The Morgan fingerprint density at radius 3 is 2.68 bits per heavy atom. The van der Waals surface area contributed by atoms with Crippen molar-refractivity contribution in [3.8, 4) is 5.69 Å². The van der Waals surface area contributed by atoms with Gasteiger partial charge in [0, 0.05) is 17.0 Å². The minimum atomic E-state index is -0.683. The minimum absolute atomic E-state index is 0.126. The summed E-state index contributed by atoms with van der Waals surface area (Å²) >= 11 is 1.39. The molecule has 0 aliphatic rings. The van der Waals surface area contributed by atoms with E-state index in [1.54, 1.807) is 24.5 Å². The van der Waals surface area contributed by atoms with E-state index < -0.39 is 6.10 Å². The predicted octanol–water partition coefficient (Wildman–Crippen LogP) is 3.08. The summed E-state index contributed by atoms with van der Waals surface area (Å²) in [7, 11) is 0. The molecule has 0 saturated carbocycles. The van der Waals surface area contributed by atoms with Crippen LogP contribution in [0.1, 0.15) is 5.56 Å². The Morgan fingerprint density at radius 2 is 1.88 bits per heavy atom. The quantitative estimate of drug-likeness (QED) is 0.627. The number of halogens is 1. The fourth-order valence-electron chi connectivity index (χ4n) is 2.23.